The highest BCUT2D eigenvalue weighted by Gasteiger charge is 2.36. The molecule has 1 amide bonds. The predicted octanol–water partition coefficient (Wildman–Crippen LogP) is 4.30. The minimum absolute atomic E-state index is 0.0146. The van der Waals surface area contributed by atoms with E-state index in [1.165, 1.54) is 16.8 Å². The number of amides is 1. The molecule has 4 N–H and O–H groups in total. The number of hydrogen-bond acceptors (Lipinski definition) is 4. The Labute approximate surface area is 197 Å². The van der Waals surface area contributed by atoms with Gasteiger partial charge in [0.05, 0.1) is 34.5 Å². The molecule has 0 unspecified atom stereocenters. The lowest BCUT2D eigenvalue weighted by Gasteiger charge is -2.16. The smallest absolute Gasteiger partial charge is 0.345 e. The number of halogens is 4. The number of aromatic nitrogens is 4. The van der Waals surface area contributed by atoms with Gasteiger partial charge in [0.25, 0.3) is 5.91 Å². The number of fused-ring (bicyclic) bond motifs is 2. The molecular weight excluding hydrogens is 469 g/mol. The zero-order valence-corrected chi connectivity index (χ0v) is 18.6. The van der Waals surface area contributed by atoms with Crippen LogP contribution in [0.5, 0.6) is 0 Å². The van der Waals surface area contributed by atoms with Crippen LogP contribution in [0.25, 0.3) is 16.7 Å². The van der Waals surface area contributed by atoms with Gasteiger partial charge in [0.15, 0.2) is 0 Å². The number of benzene rings is 2. The maximum Gasteiger partial charge on any atom is 0.418 e. The first-order valence-corrected chi connectivity index (χ1v) is 11.1. The van der Waals surface area contributed by atoms with Crippen molar-refractivity contribution in [3.63, 3.8) is 0 Å². The number of rotatable bonds is 5. The van der Waals surface area contributed by atoms with Crippen molar-refractivity contribution >= 4 is 28.5 Å². The van der Waals surface area contributed by atoms with Crippen LogP contribution in [0.4, 0.5) is 13.2 Å². The van der Waals surface area contributed by atoms with E-state index in [0.29, 0.717) is 34.0 Å². The molecule has 2 aromatic carbocycles. The Balaban J connectivity index is 1.43. The summed E-state index contributed by atoms with van der Waals surface area (Å²) in [4.78, 5) is 20.0. The third-order valence-electron chi connectivity index (χ3n) is 5.91. The molecule has 0 fully saturated rings. The first-order chi connectivity index (χ1) is 16.2. The van der Waals surface area contributed by atoms with Crippen LogP contribution in [-0.4, -0.2) is 25.7 Å². The molecule has 0 aliphatic heterocycles. The largest absolute Gasteiger partial charge is 0.418 e. The highest BCUT2D eigenvalue weighted by atomic mass is 35.5. The van der Waals surface area contributed by atoms with Gasteiger partial charge in [0.2, 0.25) is 0 Å². The molecule has 1 aliphatic carbocycles. The van der Waals surface area contributed by atoms with Crippen molar-refractivity contribution in [3.8, 4) is 5.69 Å². The van der Waals surface area contributed by atoms with Gasteiger partial charge in [-0.25, -0.2) is 9.67 Å². The molecule has 2 aromatic heterocycles. The maximum atomic E-state index is 14.0. The van der Waals surface area contributed by atoms with E-state index in [1.54, 1.807) is 18.2 Å². The van der Waals surface area contributed by atoms with Crippen molar-refractivity contribution < 1.29 is 18.0 Å². The molecule has 1 aliphatic rings. The average Bonchev–Trinajstić information content (AvgIpc) is 3.51. The number of nitrogens with one attached hydrogen (secondary N) is 2. The molecule has 11 heteroatoms. The molecule has 0 saturated heterocycles. The summed E-state index contributed by atoms with van der Waals surface area (Å²) in [6.45, 7) is 0.173. The van der Waals surface area contributed by atoms with E-state index in [2.05, 4.69) is 20.4 Å². The van der Waals surface area contributed by atoms with Crippen molar-refractivity contribution in [2.45, 2.75) is 38.5 Å². The molecular formula is C23H20ClF3N6O. The topological polar surface area (TPSA) is 102 Å². The molecule has 4 aromatic rings. The molecule has 0 radical (unpaired) electrons. The lowest BCUT2D eigenvalue weighted by Crippen LogP contribution is -2.24. The van der Waals surface area contributed by atoms with Crippen LogP contribution in [0.3, 0.4) is 0 Å². The summed E-state index contributed by atoms with van der Waals surface area (Å²) in [5.41, 5.74) is 8.23. The number of nitrogens with two attached hydrogens (primary N) is 1. The number of carbonyl (C=O) groups is 1. The minimum Gasteiger partial charge on any atom is -0.345 e. The highest BCUT2D eigenvalue weighted by Crippen LogP contribution is 2.37. The van der Waals surface area contributed by atoms with Crippen LogP contribution in [0.1, 0.15) is 45.1 Å². The van der Waals surface area contributed by atoms with Gasteiger partial charge in [0.1, 0.15) is 5.82 Å². The zero-order chi connectivity index (χ0) is 24.0. The number of hydrogen-bond donors (Lipinski definition) is 3. The summed E-state index contributed by atoms with van der Waals surface area (Å²) in [6, 6.07) is 8.63. The molecule has 0 atom stereocenters. The fraction of sp³-hybridized carbons (Fsp3) is 0.261. The van der Waals surface area contributed by atoms with Gasteiger partial charge in [-0.15, -0.1) is 0 Å². The number of aromatic amines is 1. The van der Waals surface area contributed by atoms with E-state index < -0.39 is 17.6 Å². The molecule has 0 spiro atoms. The van der Waals surface area contributed by atoms with Gasteiger partial charge in [0, 0.05) is 22.8 Å². The number of H-pyrrole nitrogens is 1. The number of alkyl halides is 3. The molecule has 176 valence electrons. The molecule has 7 nitrogen and oxygen atoms in total. The maximum absolute atomic E-state index is 14.0. The second kappa shape index (κ2) is 8.44. The zero-order valence-electron chi connectivity index (χ0n) is 17.8. The molecule has 34 heavy (non-hydrogen) atoms. The van der Waals surface area contributed by atoms with Gasteiger partial charge >= 0.3 is 6.18 Å². The van der Waals surface area contributed by atoms with Crippen molar-refractivity contribution in [2.75, 3.05) is 0 Å². The van der Waals surface area contributed by atoms with Crippen molar-refractivity contribution in [2.24, 2.45) is 5.73 Å². The standard InChI is InChI=1S/C23H20ClF3N6O/c24-13-5-6-16-17(9-13)31-21(30-16)11-29-22(34)12-4-7-20(15(8-12)23(25,26)27)33-19-3-1-2-14(19)18(10-28)32-33/h4-9H,1-3,10-11,28H2,(H,29,34)(H,30,31). The fourth-order valence-electron chi connectivity index (χ4n) is 4.35. The van der Waals surface area contributed by atoms with Gasteiger partial charge in [-0.05, 0) is 61.2 Å². The van der Waals surface area contributed by atoms with Gasteiger partial charge in [-0.3, -0.25) is 4.79 Å². The van der Waals surface area contributed by atoms with Crippen LogP contribution in [0.15, 0.2) is 36.4 Å². The van der Waals surface area contributed by atoms with Gasteiger partial charge in [-0.2, -0.15) is 18.3 Å². The Kier molecular flexibility index (Phi) is 5.57. The average molecular weight is 489 g/mol. The predicted molar refractivity (Wildman–Crippen MR) is 121 cm³/mol. The lowest BCUT2D eigenvalue weighted by molar-refractivity contribution is -0.137. The summed E-state index contributed by atoms with van der Waals surface area (Å²) in [5.74, 6) is -0.191. The quantitative estimate of drug-likeness (QED) is 0.390. The highest BCUT2D eigenvalue weighted by molar-refractivity contribution is 6.31. The van der Waals surface area contributed by atoms with Crippen LogP contribution >= 0.6 is 11.6 Å². The molecule has 2 heterocycles. The van der Waals surface area contributed by atoms with Crippen molar-refractivity contribution in [3.05, 3.63) is 75.3 Å². The van der Waals surface area contributed by atoms with Gasteiger partial charge < -0.3 is 16.0 Å². The summed E-state index contributed by atoms with van der Waals surface area (Å²) in [5, 5.41) is 7.49. The van der Waals surface area contributed by atoms with E-state index >= 15 is 0 Å². The fourth-order valence-corrected chi connectivity index (χ4v) is 4.52. The summed E-state index contributed by atoms with van der Waals surface area (Å²) < 4.78 is 43.3. The third-order valence-corrected chi connectivity index (χ3v) is 6.14. The monoisotopic (exact) mass is 488 g/mol. The number of carbonyl (C=O) groups excluding carboxylic acids is 1. The first kappa shape index (κ1) is 22.4. The van der Waals surface area contributed by atoms with Crippen LogP contribution in [0.2, 0.25) is 5.02 Å². The van der Waals surface area contributed by atoms with Crippen LogP contribution in [-0.2, 0) is 32.1 Å². The van der Waals surface area contributed by atoms with Gasteiger partial charge in [-0.1, -0.05) is 11.6 Å². The SMILES string of the molecule is NCc1nn(-c2ccc(C(=O)NCc3nc4ccc(Cl)cc4[nH]3)cc2C(F)(F)F)c2c1CCC2. The number of nitrogens with zero attached hydrogens (tertiary/aromatic N) is 3. The Morgan fingerprint density at radius 3 is 2.79 bits per heavy atom. The van der Waals surface area contributed by atoms with Crippen LogP contribution < -0.4 is 11.1 Å². The summed E-state index contributed by atoms with van der Waals surface area (Å²) in [7, 11) is 0. The third kappa shape index (κ3) is 4.03. The van der Waals surface area contributed by atoms with Crippen molar-refractivity contribution in [1.82, 2.24) is 25.1 Å². The van der Waals surface area contributed by atoms with Crippen molar-refractivity contribution in [1.29, 1.82) is 0 Å². The Hall–Kier alpha value is -3.37. The van der Waals surface area contributed by atoms with E-state index in [4.69, 9.17) is 17.3 Å². The number of imidazole rings is 1. The normalized spacial score (nSPS) is 13.4. The molecule has 0 saturated carbocycles. The molecule has 5 rings (SSSR count). The van der Waals surface area contributed by atoms with E-state index in [9.17, 15) is 18.0 Å². The molecule has 0 bridgehead atoms. The van der Waals surface area contributed by atoms with E-state index in [0.717, 1.165) is 30.2 Å². The van der Waals surface area contributed by atoms with E-state index in [-0.39, 0.29) is 24.3 Å². The second-order valence-electron chi connectivity index (χ2n) is 8.10. The van der Waals surface area contributed by atoms with Crippen LogP contribution in [0, 0.1) is 0 Å². The Morgan fingerprint density at radius 1 is 1.21 bits per heavy atom. The van der Waals surface area contributed by atoms with E-state index in [1.807, 2.05) is 0 Å². The summed E-state index contributed by atoms with van der Waals surface area (Å²) in [6.07, 6.45) is -2.46. The lowest BCUT2D eigenvalue weighted by atomic mass is 10.1. The Morgan fingerprint density at radius 2 is 2.03 bits per heavy atom. The first-order valence-electron chi connectivity index (χ1n) is 10.7. The summed E-state index contributed by atoms with van der Waals surface area (Å²) >= 11 is 5.96. The minimum atomic E-state index is -4.68. The second-order valence-corrected chi connectivity index (χ2v) is 8.54. The Bertz CT molecular complexity index is 1410.